The van der Waals surface area contributed by atoms with Gasteiger partial charge < -0.3 is 15.2 Å². The molecule has 0 saturated heterocycles. The minimum Gasteiger partial charge on any atom is -0.487 e. The van der Waals surface area contributed by atoms with Crippen LogP contribution in [-0.4, -0.2) is 28.5 Å². The number of fused-ring (bicyclic) bond motifs is 1. The van der Waals surface area contributed by atoms with Gasteiger partial charge in [0, 0.05) is 10.3 Å². The molecular weight excluding hydrogens is 479 g/mol. The number of benzene rings is 3. The van der Waals surface area contributed by atoms with Crippen molar-refractivity contribution < 1.29 is 32.6 Å². The molecule has 0 saturated carbocycles. The van der Waals surface area contributed by atoms with Crippen LogP contribution in [0.3, 0.4) is 0 Å². The first-order chi connectivity index (χ1) is 16.3. The molecule has 0 aromatic heterocycles. The van der Waals surface area contributed by atoms with Crippen LogP contribution in [0.2, 0.25) is 0 Å². The Balaban J connectivity index is 1.87. The summed E-state index contributed by atoms with van der Waals surface area (Å²) in [5.41, 5.74) is -3.90. The molecule has 1 amide bonds. The number of carboxylic acid groups (broad SMARTS) is 1. The second-order valence-corrected chi connectivity index (χ2v) is 10.4. The van der Waals surface area contributed by atoms with Crippen LogP contribution < -0.4 is 10.1 Å². The molecule has 0 fully saturated rings. The number of aliphatic carboxylic acids is 1. The van der Waals surface area contributed by atoms with Crippen molar-refractivity contribution in [3.05, 3.63) is 71.8 Å². The second kappa shape index (κ2) is 10.6. The van der Waals surface area contributed by atoms with E-state index in [4.69, 9.17) is 4.74 Å². The smallest absolute Gasteiger partial charge is 0.446 e. The highest BCUT2D eigenvalue weighted by atomic mass is 32.2. The predicted molar refractivity (Wildman–Crippen MR) is 130 cm³/mol. The maximum absolute atomic E-state index is 13.1. The number of hydrogen-bond donors (Lipinski definition) is 2. The molecule has 3 aromatic rings. The Hall–Kier alpha value is -3.20. The van der Waals surface area contributed by atoms with E-state index in [0.717, 1.165) is 5.39 Å². The Labute approximate surface area is 205 Å². The normalized spacial score (nSPS) is 12.9. The van der Waals surface area contributed by atoms with E-state index in [1.165, 1.54) is 24.3 Å². The highest BCUT2D eigenvalue weighted by Crippen LogP contribution is 2.37. The summed E-state index contributed by atoms with van der Waals surface area (Å²) in [6, 6.07) is 15.3. The fourth-order valence-electron chi connectivity index (χ4n) is 3.57. The molecule has 0 aliphatic carbocycles. The largest absolute Gasteiger partial charge is 0.487 e. The van der Waals surface area contributed by atoms with Gasteiger partial charge in [-0.1, -0.05) is 63.2 Å². The molecule has 186 valence electrons. The molecule has 3 aromatic carbocycles. The predicted octanol–water partition coefficient (Wildman–Crippen LogP) is 6.65. The van der Waals surface area contributed by atoms with Gasteiger partial charge in [-0.25, -0.2) is 4.79 Å². The zero-order valence-electron chi connectivity index (χ0n) is 19.5. The van der Waals surface area contributed by atoms with Gasteiger partial charge in [-0.15, -0.1) is 0 Å². The first-order valence-corrected chi connectivity index (χ1v) is 11.7. The molecule has 0 spiro atoms. The Morgan fingerprint density at radius 2 is 1.66 bits per heavy atom. The van der Waals surface area contributed by atoms with Crippen LogP contribution in [-0.2, 0) is 11.4 Å². The zero-order chi connectivity index (χ0) is 25.8. The third kappa shape index (κ3) is 7.65. The van der Waals surface area contributed by atoms with Crippen LogP contribution in [0.4, 0.5) is 13.2 Å². The van der Waals surface area contributed by atoms with Gasteiger partial charge in [0.15, 0.2) is 0 Å². The monoisotopic (exact) mass is 505 g/mol. The second-order valence-electron chi connectivity index (χ2n) is 9.27. The summed E-state index contributed by atoms with van der Waals surface area (Å²) in [4.78, 5) is 24.9. The number of carbonyl (C=O) groups is 2. The van der Waals surface area contributed by atoms with Crippen molar-refractivity contribution in [1.29, 1.82) is 0 Å². The molecule has 0 bridgehead atoms. The first-order valence-electron chi connectivity index (χ1n) is 10.9. The average Bonchev–Trinajstić information content (AvgIpc) is 2.75. The number of nitrogens with one attached hydrogen (secondary N) is 1. The van der Waals surface area contributed by atoms with Crippen LogP contribution in [0.15, 0.2) is 65.6 Å². The lowest BCUT2D eigenvalue weighted by atomic mass is 9.88. The summed E-state index contributed by atoms with van der Waals surface area (Å²) in [7, 11) is 0. The van der Waals surface area contributed by atoms with Gasteiger partial charge in [0.1, 0.15) is 18.4 Å². The third-order valence-corrected chi connectivity index (χ3v) is 5.82. The SMILES string of the molecule is CC(C)(C)C[C@H](NC(=O)c1ccc2ccccc2c1OCc1ccc(SC(F)(F)F)cc1)C(=O)O. The first kappa shape index (κ1) is 26.4. The van der Waals surface area contributed by atoms with Crippen LogP contribution in [0.5, 0.6) is 5.75 Å². The summed E-state index contributed by atoms with van der Waals surface area (Å²) in [6.07, 6.45) is 0.236. The van der Waals surface area contributed by atoms with Gasteiger partial charge in [-0.3, -0.25) is 4.79 Å². The van der Waals surface area contributed by atoms with E-state index in [-0.39, 0.29) is 46.4 Å². The minimum atomic E-state index is -4.37. The quantitative estimate of drug-likeness (QED) is 0.335. The van der Waals surface area contributed by atoms with Gasteiger partial charge in [-0.2, -0.15) is 13.2 Å². The van der Waals surface area contributed by atoms with E-state index in [1.54, 1.807) is 24.3 Å². The molecule has 0 heterocycles. The summed E-state index contributed by atoms with van der Waals surface area (Å²) in [5.74, 6) is -1.44. The van der Waals surface area contributed by atoms with Crippen molar-refractivity contribution in [2.24, 2.45) is 5.41 Å². The fraction of sp³-hybridized carbons (Fsp3) is 0.308. The van der Waals surface area contributed by atoms with Crippen LogP contribution in [0.25, 0.3) is 10.8 Å². The van der Waals surface area contributed by atoms with Crippen molar-refractivity contribution in [3.8, 4) is 5.75 Å². The zero-order valence-corrected chi connectivity index (χ0v) is 20.3. The van der Waals surface area contributed by atoms with Gasteiger partial charge in [0.05, 0.1) is 5.56 Å². The molecule has 0 aliphatic rings. The topological polar surface area (TPSA) is 75.6 Å². The lowest BCUT2D eigenvalue weighted by molar-refractivity contribution is -0.140. The maximum atomic E-state index is 13.1. The molecule has 0 unspecified atom stereocenters. The Morgan fingerprint density at radius 3 is 2.26 bits per heavy atom. The minimum absolute atomic E-state index is 0.00953. The Bertz CT molecular complexity index is 1200. The summed E-state index contributed by atoms with van der Waals surface area (Å²) in [5, 5.41) is 13.7. The van der Waals surface area contributed by atoms with E-state index in [9.17, 15) is 27.9 Å². The molecule has 9 heteroatoms. The van der Waals surface area contributed by atoms with Crippen LogP contribution in [0, 0.1) is 5.41 Å². The van der Waals surface area contributed by atoms with E-state index < -0.39 is 23.4 Å². The van der Waals surface area contributed by atoms with Gasteiger partial charge >= 0.3 is 11.5 Å². The van der Waals surface area contributed by atoms with E-state index >= 15 is 0 Å². The van der Waals surface area contributed by atoms with Gasteiger partial charge in [0.2, 0.25) is 0 Å². The highest BCUT2D eigenvalue weighted by Gasteiger charge is 2.29. The lowest BCUT2D eigenvalue weighted by Crippen LogP contribution is -2.43. The highest BCUT2D eigenvalue weighted by molar-refractivity contribution is 8.00. The van der Waals surface area contributed by atoms with Crippen molar-refractivity contribution in [3.63, 3.8) is 0 Å². The number of carbonyl (C=O) groups excluding carboxylic acids is 1. The van der Waals surface area contributed by atoms with Crippen molar-refractivity contribution >= 4 is 34.4 Å². The van der Waals surface area contributed by atoms with E-state index in [0.29, 0.717) is 10.9 Å². The number of alkyl halides is 3. The number of ether oxygens (including phenoxy) is 1. The maximum Gasteiger partial charge on any atom is 0.446 e. The molecule has 0 radical (unpaired) electrons. The summed E-state index contributed by atoms with van der Waals surface area (Å²) < 4.78 is 43.7. The van der Waals surface area contributed by atoms with Crippen LogP contribution in [0.1, 0.15) is 43.1 Å². The standard InChI is InChI=1S/C26H26F3NO4S/c1-25(2,3)14-21(24(32)33)30-23(31)20-13-10-17-6-4-5-7-19(17)22(20)34-15-16-8-11-18(12-9-16)35-26(27,28)29/h4-13,21H,14-15H2,1-3H3,(H,30,31)(H,32,33)/t21-/m0/s1. The molecule has 2 N–H and O–H groups in total. The fourth-order valence-corrected chi connectivity index (χ4v) is 4.11. The summed E-state index contributed by atoms with van der Waals surface area (Å²) >= 11 is -0.198. The summed E-state index contributed by atoms with van der Waals surface area (Å²) in [6.45, 7) is 5.67. The van der Waals surface area contributed by atoms with Crippen molar-refractivity contribution in [2.75, 3.05) is 0 Å². The number of hydrogen-bond acceptors (Lipinski definition) is 4. The van der Waals surface area contributed by atoms with Gasteiger partial charge in [0.25, 0.3) is 5.91 Å². The average molecular weight is 506 g/mol. The van der Waals surface area contributed by atoms with E-state index in [1.807, 2.05) is 32.9 Å². The Kier molecular flexibility index (Phi) is 8.00. The van der Waals surface area contributed by atoms with E-state index in [2.05, 4.69) is 5.32 Å². The number of rotatable bonds is 8. The number of amides is 1. The molecule has 5 nitrogen and oxygen atoms in total. The molecule has 3 rings (SSSR count). The molecule has 0 aliphatic heterocycles. The van der Waals surface area contributed by atoms with Gasteiger partial charge in [-0.05, 0) is 52.7 Å². The van der Waals surface area contributed by atoms with Crippen molar-refractivity contribution in [1.82, 2.24) is 5.32 Å². The number of carboxylic acids is 1. The lowest BCUT2D eigenvalue weighted by Gasteiger charge is -2.24. The number of halogens is 3. The third-order valence-electron chi connectivity index (χ3n) is 5.08. The van der Waals surface area contributed by atoms with Crippen molar-refractivity contribution in [2.45, 2.75) is 50.2 Å². The van der Waals surface area contributed by atoms with Crippen LogP contribution >= 0.6 is 11.8 Å². The Morgan fingerprint density at radius 1 is 1.00 bits per heavy atom. The number of thioether (sulfide) groups is 1. The molecular formula is C26H26F3NO4S. The molecule has 35 heavy (non-hydrogen) atoms. The molecule has 1 atom stereocenters.